The number of aromatic nitrogens is 2. The number of alkyl halides is 3. The third kappa shape index (κ3) is 4.42. The molecule has 0 spiro atoms. The molecule has 2 heterocycles. The van der Waals surface area contributed by atoms with E-state index in [9.17, 15) is 13.2 Å². The molecule has 0 unspecified atom stereocenters. The Kier molecular flexibility index (Phi) is 4.82. The molecule has 0 aliphatic heterocycles. The first-order valence-electron chi connectivity index (χ1n) is 6.60. The molecule has 3 nitrogen and oxygen atoms in total. The fourth-order valence-corrected chi connectivity index (χ4v) is 2.38. The number of halogens is 3. The normalized spacial score (nSPS) is 11.9. The van der Waals surface area contributed by atoms with Gasteiger partial charge in [-0.1, -0.05) is 19.9 Å². The van der Waals surface area contributed by atoms with E-state index in [1.165, 1.54) is 11.3 Å². The van der Waals surface area contributed by atoms with Crippen molar-refractivity contribution in [1.29, 1.82) is 0 Å². The third-order valence-electron chi connectivity index (χ3n) is 2.80. The maximum absolute atomic E-state index is 12.9. The summed E-state index contributed by atoms with van der Waals surface area (Å²) in [7, 11) is 0. The van der Waals surface area contributed by atoms with E-state index in [1.54, 1.807) is 17.5 Å². The van der Waals surface area contributed by atoms with E-state index in [1.807, 2.05) is 13.8 Å². The summed E-state index contributed by atoms with van der Waals surface area (Å²) in [5.74, 6) is 0.481. The molecule has 1 N–H and O–H groups in total. The van der Waals surface area contributed by atoms with Crippen LogP contribution < -0.4 is 5.32 Å². The lowest BCUT2D eigenvalue weighted by Gasteiger charge is -2.11. The SMILES string of the molecule is CC(C)CCNc1nc(-c2cccs2)cc(C(F)(F)F)n1. The van der Waals surface area contributed by atoms with Crippen LogP contribution in [-0.2, 0) is 6.18 Å². The first-order chi connectivity index (χ1) is 9.86. The monoisotopic (exact) mass is 315 g/mol. The number of hydrogen-bond donors (Lipinski definition) is 1. The lowest BCUT2D eigenvalue weighted by Crippen LogP contribution is -2.14. The highest BCUT2D eigenvalue weighted by molar-refractivity contribution is 7.13. The van der Waals surface area contributed by atoms with Crippen molar-refractivity contribution in [2.24, 2.45) is 5.92 Å². The molecule has 114 valence electrons. The van der Waals surface area contributed by atoms with Crippen LogP contribution in [0.4, 0.5) is 19.1 Å². The molecule has 7 heteroatoms. The van der Waals surface area contributed by atoms with Crippen LogP contribution in [0, 0.1) is 5.92 Å². The van der Waals surface area contributed by atoms with Gasteiger partial charge in [0.25, 0.3) is 0 Å². The van der Waals surface area contributed by atoms with Crippen molar-refractivity contribution in [1.82, 2.24) is 9.97 Å². The van der Waals surface area contributed by atoms with E-state index < -0.39 is 11.9 Å². The van der Waals surface area contributed by atoms with Crippen LogP contribution in [0.2, 0.25) is 0 Å². The molecular formula is C14H16F3N3S. The molecule has 2 aromatic rings. The molecule has 0 fully saturated rings. The number of hydrogen-bond acceptors (Lipinski definition) is 4. The van der Waals surface area contributed by atoms with Crippen LogP contribution in [-0.4, -0.2) is 16.5 Å². The Labute approximate surface area is 125 Å². The predicted molar refractivity (Wildman–Crippen MR) is 78.3 cm³/mol. The Balaban J connectivity index is 2.29. The van der Waals surface area contributed by atoms with Gasteiger partial charge in [0, 0.05) is 6.54 Å². The zero-order valence-electron chi connectivity index (χ0n) is 11.7. The van der Waals surface area contributed by atoms with Gasteiger partial charge in [-0.3, -0.25) is 0 Å². The minimum Gasteiger partial charge on any atom is -0.354 e. The zero-order chi connectivity index (χ0) is 15.5. The number of anilines is 1. The van der Waals surface area contributed by atoms with Gasteiger partial charge in [0.05, 0.1) is 10.6 Å². The fraction of sp³-hybridized carbons (Fsp3) is 0.429. The number of thiophene rings is 1. The van der Waals surface area contributed by atoms with Gasteiger partial charge >= 0.3 is 6.18 Å². The molecule has 0 aromatic carbocycles. The summed E-state index contributed by atoms with van der Waals surface area (Å²) in [6.07, 6.45) is -3.64. The Morgan fingerprint density at radius 2 is 2.05 bits per heavy atom. The van der Waals surface area contributed by atoms with Gasteiger partial charge in [-0.15, -0.1) is 11.3 Å². The minimum absolute atomic E-state index is 0.0221. The lowest BCUT2D eigenvalue weighted by molar-refractivity contribution is -0.141. The van der Waals surface area contributed by atoms with Crippen molar-refractivity contribution in [2.75, 3.05) is 11.9 Å². The summed E-state index contributed by atoms with van der Waals surface area (Å²) in [5, 5.41) is 4.68. The van der Waals surface area contributed by atoms with E-state index >= 15 is 0 Å². The van der Waals surface area contributed by atoms with Crippen molar-refractivity contribution in [2.45, 2.75) is 26.4 Å². The van der Waals surface area contributed by atoms with Gasteiger partial charge in [-0.25, -0.2) is 9.97 Å². The maximum Gasteiger partial charge on any atom is 0.433 e. The molecule has 0 aliphatic rings. The van der Waals surface area contributed by atoms with Gasteiger partial charge < -0.3 is 5.32 Å². The van der Waals surface area contributed by atoms with Crippen LogP contribution in [0.15, 0.2) is 23.6 Å². The molecule has 0 saturated carbocycles. The average Bonchev–Trinajstić information content (AvgIpc) is 2.90. The molecular weight excluding hydrogens is 299 g/mol. The number of nitrogens with zero attached hydrogens (tertiary/aromatic N) is 2. The summed E-state index contributed by atoms with van der Waals surface area (Å²) in [6, 6.07) is 4.51. The molecule has 0 radical (unpaired) electrons. The molecule has 0 aliphatic carbocycles. The van der Waals surface area contributed by atoms with E-state index in [4.69, 9.17) is 0 Å². The van der Waals surface area contributed by atoms with Gasteiger partial charge in [-0.05, 0) is 29.9 Å². The van der Waals surface area contributed by atoms with Crippen molar-refractivity contribution >= 4 is 17.3 Å². The molecule has 2 rings (SSSR count). The van der Waals surface area contributed by atoms with E-state index in [2.05, 4.69) is 15.3 Å². The zero-order valence-corrected chi connectivity index (χ0v) is 12.6. The average molecular weight is 315 g/mol. The smallest absolute Gasteiger partial charge is 0.354 e. The van der Waals surface area contributed by atoms with Crippen LogP contribution in [0.3, 0.4) is 0 Å². The second kappa shape index (κ2) is 6.43. The maximum atomic E-state index is 12.9. The van der Waals surface area contributed by atoms with Crippen LogP contribution in [0.5, 0.6) is 0 Å². The molecule has 0 bridgehead atoms. The van der Waals surface area contributed by atoms with Crippen LogP contribution >= 0.6 is 11.3 Å². The standard InChI is InChI=1S/C14H16F3N3S/c1-9(2)5-6-18-13-19-10(11-4-3-7-21-11)8-12(20-13)14(15,16)17/h3-4,7-9H,5-6H2,1-2H3,(H,18,19,20). The summed E-state index contributed by atoms with van der Waals surface area (Å²) in [4.78, 5) is 8.43. The largest absolute Gasteiger partial charge is 0.433 e. The topological polar surface area (TPSA) is 37.8 Å². The highest BCUT2D eigenvalue weighted by Crippen LogP contribution is 2.32. The summed E-state index contributed by atoms with van der Waals surface area (Å²) >= 11 is 1.35. The van der Waals surface area contributed by atoms with Crippen molar-refractivity contribution in [3.63, 3.8) is 0 Å². The van der Waals surface area contributed by atoms with Gasteiger partial charge in [0.15, 0.2) is 5.69 Å². The highest BCUT2D eigenvalue weighted by Gasteiger charge is 2.33. The predicted octanol–water partition coefficient (Wildman–Crippen LogP) is 4.68. The minimum atomic E-state index is -4.48. The molecule has 0 saturated heterocycles. The Morgan fingerprint density at radius 1 is 1.29 bits per heavy atom. The number of rotatable bonds is 5. The van der Waals surface area contributed by atoms with E-state index in [-0.39, 0.29) is 5.95 Å². The lowest BCUT2D eigenvalue weighted by atomic mass is 10.1. The quantitative estimate of drug-likeness (QED) is 0.870. The molecule has 21 heavy (non-hydrogen) atoms. The number of nitrogens with one attached hydrogen (secondary N) is 1. The summed E-state index contributed by atoms with van der Waals surface area (Å²) in [6.45, 7) is 4.64. The van der Waals surface area contributed by atoms with Crippen LogP contribution in [0.25, 0.3) is 10.6 Å². The van der Waals surface area contributed by atoms with E-state index in [0.29, 0.717) is 23.0 Å². The summed E-state index contributed by atoms with van der Waals surface area (Å²) < 4.78 is 38.8. The second-order valence-electron chi connectivity index (χ2n) is 5.05. The first-order valence-corrected chi connectivity index (χ1v) is 7.48. The third-order valence-corrected chi connectivity index (χ3v) is 3.69. The highest BCUT2D eigenvalue weighted by atomic mass is 32.1. The molecule has 0 atom stereocenters. The molecule has 2 aromatic heterocycles. The van der Waals surface area contributed by atoms with Crippen LogP contribution in [0.1, 0.15) is 26.0 Å². The van der Waals surface area contributed by atoms with Crippen molar-refractivity contribution < 1.29 is 13.2 Å². The first kappa shape index (κ1) is 15.8. The Hall–Kier alpha value is -1.63. The van der Waals surface area contributed by atoms with E-state index in [0.717, 1.165) is 12.5 Å². The van der Waals surface area contributed by atoms with Crippen molar-refractivity contribution in [3.05, 3.63) is 29.3 Å². The Morgan fingerprint density at radius 3 is 2.62 bits per heavy atom. The van der Waals surface area contributed by atoms with Crippen molar-refractivity contribution in [3.8, 4) is 10.6 Å². The second-order valence-corrected chi connectivity index (χ2v) is 5.99. The van der Waals surface area contributed by atoms with Gasteiger partial charge in [0.2, 0.25) is 5.95 Å². The van der Waals surface area contributed by atoms with Gasteiger partial charge in [-0.2, -0.15) is 13.2 Å². The Bertz CT molecular complexity index is 580. The molecule has 0 amide bonds. The fourth-order valence-electron chi connectivity index (χ4n) is 1.69. The van der Waals surface area contributed by atoms with Gasteiger partial charge in [0.1, 0.15) is 0 Å². The summed E-state index contributed by atoms with van der Waals surface area (Å²) in [5.41, 5.74) is -0.632.